The second-order valence-corrected chi connectivity index (χ2v) is 15.1. The number of fused-ring (bicyclic) bond motifs is 2. The van der Waals surface area contributed by atoms with Crippen molar-refractivity contribution in [2.45, 2.75) is 94.6 Å². The molecule has 0 atom stereocenters. The molecular weight excluding hydrogens is 505 g/mol. The molecule has 6 heteroatoms. The predicted molar refractivity (Wildman–Crippen MR) is 153 cm³/mol. The predicted octanol–water partition coefficient (Wildman–Crippen LogP) is 11.3. The van der Waals surface area contributed by atoms with Crippen molar-refractivity contribution in [1.29, 1.82) is 0 Å². The highest BCUT2D eigenvalue weighted by Gasteiger charge is 2.27. The van der Waals surface area contributed by atoms with Crippen LogP contribution in [0.25, 0.3) is 0 Å². The minimum atomic E-state index is 1.24. The minimum Gasteiger partial charge on any atom is -0.126 e. The Hall–Kier alpha value is 0.280. The van der Waals surface area contributed by atoms with Gasteiger partial charge in [-0.25, -0.2) is 0 Å². The van der Waals surface area contributed by atoms with Crippen LogP contribution in [0.15, 0.2) is 74.2 Å². The van der Waals surface area contributed by atoms with Crippen LogP contribution in [0.5, 0.6) is 0 Å². The van der Waals surface area contributed by atoms with Crippen molar-refractivity contribution in [3.05, 3.63) is 44.9 Å². The maximum absolute atomic E-state index is 2.41. The number of unbranched alkanes of at least 4 members (excludes halogenated alkanes) is 6. The van der Waals surface area contributed by atoms with Gasteiger partial charge in [0.15, 0.2) is 0 Å². The summed E-state index contributed by atoms with van der Waals surface area (Å²) >= 11 is 11.9. The van der Waals surface area contributed by atoms with Crippen molar-refractivity contribution >= 4 is 70.6 Å². The Kier molecular flexibility index (Phi) is 10.6. The van der Waals surface area contributed by atoms with Crippen molar-refractivity contribution in [3.8, 4) is 0 Å². The molecule has 0 unspecified atom stereocenters. The van der Waals surface area contributed by atoms with Crippen LogP contribution < -0.4 is 0 Å². The van der Waals surface area contributed by atoms with E-state index in [-0.39, 0.29) is 0 Å². The van der Waals surface area contributed by atoms with Gasteiger partial charge < -0.3 is 0 Å². The molecule has 0 nitrogen and oxygen atoms in total. The third-order valence-electron chi connectivity index (χ3n) is 5.34. The lowest BCUT2D eigenvalue weighted by Gasteiger charge is -2.03. The molecule has 32 heavy (non-hydrogen) atoms. The molecule has 2 heterocycles. The van der Waals surface area contributed by atoms with Gasteiger partial charge in [0.1, 0.15) is 0 Å². The summed E-state index contributed by atoms with van der Waals surface area (Å²) < 4.78 is 2.93. The summed E-state index contributed by atoms with van der Waals surface area (Å²) in [6.07, 6.45) is 10.7. The molecule has 0 saturated heterocycles. The molecule has 0 N–H and O–H groups in total. The zero-order valence-electron chi connectivity index (χ0n) is 19.0. The molecule has 4 rings (SSSR count). The number of hydrogen-bond acceptors (Lipinski definition) is 6. The quantitative estimate of drug-likeness (QED) is 0.194. The smallest absolute Gasteiger partial charge is 0.0706 e. The van der Waals surface area contributed by atoms with Crippen molar-refractivity contribution < 1.29 is 0 Å². The fourth-order valence-corrected chi connectivity index (χ4v) is 10.9. The van der Waals surface area contributed by atoms with Gasteiger partial charge in [-0.2, -0.15) is 0 Å². The van der Waals surface area contributed by atoms with Gasteiger partial charge >= 0.3 is 0 Å². The van der Waals surface area contributed by atoms with Gasteiger partial charge in [-0.3, -0.25) is 0 Å². The van der Waals surface area contributed by atoms with E-state index in [1.54, 1.807) is 0 Å². The summed E-state index contributed by atoms with van der Waals surface area (Å²) in [5, 5.41) is 0. The molecule has 0 aliphatic carbocycles. The van der Waals surface area contributed by atoms with Crippen LogP contribution in [0.1, 0.15) is 65.2 Å². The molecule has 0 amide bonds. The average molecular weight is 537 g/mol. The molecule has 172 valence electrons. The molecule has 0 saturated carbocycles. The average Bonchev–Trinajstić information content (AvgIpc) is 3.42. The van der Waals surface area contributed by atoms with Gasteiger partial charge in [-0.15, -0.1) is 23.5 Å². The van der Waals surface area contributed by atoms with Gasteiger partial charge in [0.2, 0.25) is 0 Å². The van der Waals surface area contributed by atoms with E-state index in [0.717, 1.165) is 0 Å². The Balaban J connectivity index is 1.32. The molecule has 2 aromatic rings. The van der Waals surface area contributed by atoms with Crippen LogP contribution in [0.2, 0.25) is 0 Å². The second kappa shape index (κ2) is 13.4. The normalized spacial score (nSPS) is 17.1. The van der Waals surface area contributed by atoms with Crippen LogP contribution >= 0.6 is 70.6 Å². The Morgan fingerprint density at radius 2 is 0.969 bits per heavy atom. The lowest BCUT2D eigenvalue weighted by Crippen LogP contribution is -1.82. The SMILES string of the molecule is CCCCCCSc1ccc2c(c1)S/C(=C1/Sc3ccc(SCCCCCC)cc3S1)S2. The van der Waals surface area contributed by atoms with E-state index < -0.39 is 0 Å². The lowest BCUT2D eigenvalue weighted by atomic mass is 10.2. The first-order valence-electron chi connectivity index (χ1n) is 11.8. The first-order chi connectivity index (χ1) is 15.8. The largest absolute Gasteiger partial charge is 0.126 e. The summed E-state index contributed by atoms with van der Waals surface area (Å²) in [5.41, 5.74) is 0. The van der Waals surface area contributed by atoms with Gasteiger partial charge in [0.25, 0.3) is 0 Å². The van der Waals surface area contributed by atoms with E-state index in [1.807, 2.05) is 70.6 Å². The van der Waals surface area contributed by atoms with Crippen LogP contribution in [0.4, 0.5) is 0 Å². The highest BCUT2D eigenvalue weighted by atomic mass is 32.2. The maximum atomic E-state index is 2.41. The lowest BCUT2D eigenvalue weighted by molar-refractivity contribution is 0.706. The molecule has 0 spiro atoms. The zero-order valence-corrected chi connectivity index (χ0v) is 23.9. The molecular formula is C26H32S6. The van der Waals surface area contributed by atoms with Crippen molar-refractivity contribution in [2.24, 2.45) is 0 Å². The highest BCUT2D eigenvalue weighted by Crippen LogP contribution is 2.61. The van der Waals surface area contributed by atoms with Gasteiger partial charge in [0.05, 0.1) is 8.47 Å². The molecule has 0 fully saturated rings. The fourth-order valence-electron chi connectivity index (χ4n) is 3.53. The van der Waals surface area contributed by atoms with Crippen molar-refractivity contribution in [3.63, 3.8) is 0 Å². The van der Waals surface area contributed by atoms with E-state index >= 15 is 0 Å². The Morgan fingerprint density at radius 1 is 0.531 bits per heavy atom. The summed E-state index contributed by atoms with van der Waals surface area (Å²) in [6.45, 7) is 4.56. The van der Waals surface area contributed by atoms with Crippen LogP contribution in [-0.4, -0.2) is 11.5 Å². The van der Waals surface area contributed by atoms with Gasteiger partial charge in [0, 0.05) is 29.4 Å². The fraction of sp³-hybridized carbons (Fsp3) is 0.462. The first-order valence-corrected chi connectivity index (χ1v) is 17.0. The summed E-state index contributed by atoms with van der Waals surface area (Å²) in [7, 11) is 0. The highest BCUT2D eigenvalue weighted by molar-refractivity contribution is 8.30. The van der Waals surface area contributed by atoms with Crippen molar-refractivity contribution in [1.82, 2.24) is 0 Å². The Morgan fingerprint density at radius 3 is 1.41 bits per heavy atom. The summed E-state index contributed by atoms with van der Waals surface area (Å²) in [4.78, 5) is 8.58. The second-order valence-electron chi connectivity index (χ2n) is 8.02. The molecule has 0 radical (unpaired) electrons. The Bertz CT molecular complexity index is 860. The van der Waals surface area contributed by atoms with Gasteiger partial charge in [-0.1, -0.05) is 99.4 Å². The molecule has 2 aliphatic heterocycles. The van der Waals surface area contributed by atoms with Crippen molar-refractivity contribution in [2.75, 3.05) is 11.5 Å². The number of benzene rings is 2. The summed E-state index contributed by atoms with van der Waals surface area (Å²) in [6, 6.07) is 14.1. The van der Waals surface area contributed by atoms with Crippen LogP contribution in [-0.2, 0) is 0 Å². The topological polar surface area (TPSA) is 0 Å². The summed E-state index contributed by atoms with van der Waals surface area (Å²) in [5.74, 6) is 2.48. The Labute approximate surface area is 220 Å². The maximum Gasteiger partial charge on any atom is 0.0706 e. The molecule has 2 aromatic carbocycles. The number of thioether (sulfide) groups is 6. The third kappa shape index (κ3) is 7.14. The van der Waals surface area contributed by atoms with E-state index in [1.165, 1.54) is 101 Å². The van der Waals surface area contributed by atoms with E-state index in [2.05, 4.69) is 50.2 Å². The van der Waals surface area contributed by atoms with E-state index in [9.17, 15) is 0 Å². The van der Waals surface area contributed by atoms with Gasteiger partial charge in [-0.05, 0) is 60.7 Å². The van der Waals surface area contributed by atoms with Crippen LogP contribution in [0.3, 0.4) is 0 Å². The standard InChI is InChI=1S/C26H32S6/c1-3-5-7-9-15-27-19-11-13-21-23(17-19)31-25(29-21)26-30-22-14-12-20(18-24(22)32-26)28-16-10-8-6-4-2/h11-14,17-18H,3-10,15-16H2,1-2H3/b26-25-. The third-order valence-corrected chi connectivity index (χ3v) is 13.1. The van der Waals surface area contributed by atoms with E-state index in [0.29, 0.717) is 0 Å². The zero-order chi connectivity index (χ0) is 22.2. The minimum absolute atomic E-state index is 1.24. The van der Waals surface area contributed by atoms with E-state index in [4.69, 9.17) is 0 Å². The number of rotatable bonds is 12. The molecule has 0 aromatic heterocycles. The molecule has 0 bridgehead atoms. The number of hydrogen-bond donors (Lipinski definition) is 0. The first kappa shape index (κ1) is 25.4. The monoisotopic (exact) mass is 536 g/mol. The molecule has 2 aliphatic rings. The van der Waals surface area contributed by atoms with Crippen LogP contribution in [0, 0.1) is 0 Å².